The Bertz CT molecular complexity index is 418. The molecule has 1 N–H and O–H groups in total. The van der Waals surface area contributed by atoms with Crippen LogP contribution in [-0.2, 0) is 19.4 Å². The minimum atomic E-state index is -3.23. The first kappa shape index (κ1) is 16.8. The lowest BCUT2D eigenvalue weighted by molar-refractivity contribution is -0.123. The fraction of sp³-hybridized carbons (Fsp3) is 0.667. The summed E-state index contributed by atoms with van der Waals surface area (Å²) in [5.41, 5.74) is 0. The third kappa shape index (κ3) is 5.95. The van der Waals surface area contributed by atoms with Crippen molar-refractivity contribution in [3.8, 4) is 0 Å². The van der Waals surface area contributed by atoms with Crippen LogP contribution in [0.15, 0.2) is 12.7 Å². The van der Waals surface area contributed by atoms with E-state index in [4.69, 9.17) is 0 Å². The number of ketones is 1. The molecule has 6 heteroatoms. The van der Waals surface area contributed by atoms with E-state index in [0.29, 0.717) is 0 Å². The van der Waals surface area contributed by atoms with Crippen molar-refractivity contribution < 1.29 is 18.0 Å². The van der Waals surface area contributed by atoms with Gasteiger partial charge in [-0.15, -0.1) is 0 Å². The Balaban J connectivity index is 4.03. The smallest absolute Gasteiger partial charge is 0.220 e. The second kappa shape index (κ2) is 6.68. The van der Waals surface area contributed by atoms with Gasteiger partial charge in [0.2, 0.25) is 5.91 Å². The lowest BCUT2D eigenvalue weighted by Gasteiger charge is -2.19. The third-order valence-corrected chi connectivity index (χ3v) is 5.06. The van der Waals surface area contributed by atoms with Gasteiger partial charge in [-0.2, -0.15) is 0 Å². The number of sulfone groups is 1. The first-order chi connectivity index (χ1) is 8.10. The zero-order valence-electron chi connectivity index (χ0n) is 11.2. The summed E-state index contributed by atoms with van der Waals surface area (Å²) in [7, 11) is -3.23. The highest BCUT2D eigenvalue weighted by atomic mass is 32.2. The Morgan fingerprint density at radius 3 is 2.22 bits per heavy atom. The SMILES string of the molecule is C=CC(=O)CCC(=O)NCCS(=O)(=O)C(C)(C)C. The average molecular weight is 275 g/mol. The third-order valence-electron chi connectivity index (χ3n) is 2.45. The Morgan fingerprint density at radius 2 is 1.78 bits per heavy atom. The summed E-state index contributed by atoms with van der Waals surface area (Å²) >= 11 is 0. The number of nitrogens with one attached hydrogen (secondary N) is 1. The largest absolute Gasteiger partial charge is 0.355 e. The molecule has 0 fully saturated rings. The van der Waals surface area contributed by atoms with Gasteiger partial charge in [-0.25, -0.2) is 8.42 Å². The minimum absolute atomic E-state index is 0.0560. The van der Waals surface area contributed by atoms with Gasteiger partial charge in [0.1, 0.15) is 0 Å². The predicted octanol–water partition coefficient (Wildman–Crippen LogP) is 0.851. The maximum absolute atomic E-state index is 11.7. The molecule has 0 aromatic rings. The molecule has 0 aliphatic carbocycles. The molecule has 0 saturated heterocycles. The topological polar surface area (TPSA) is 80.3 Å². The van der Waals surface area contributed by atoms with E-state index in [1.807, 2.05) is 0 Å². The maximum atomic E-state index is 11.7. The Labute approximate surface area is 109 Å². The van der Waals surface area contributed by atoms with Gasteiger partial charge >= 0.3 is 0 Å². The molecule has 0 atom stereocenters. The van der Waals surface area contributed by atoms with E-state index in [1.54, 1.807) is 20.8 Å². The van der Waals surface area contributed by atoms with Gasteiger partial charge in [0.25, 0.3) is 0 Å². The molecular weight excluding hydrogens is 254 g/mol. The number of amides is 1. The fourth-order valence-electron chi connectivity index (χ4n) is 1.06. The van der Waals surface area contributed by atoms with Gasteiger partial charge in [-0.05, 0) is 26.8 Å². The Kier molecular flexibility index (Phi) is 6.25. The van der Waals surface area contributed by atoms with Crippen LogP contribution in [0, 0.1) is 0 Å². The van der Waals surface area contributed by atoms with Crippen molar-refractivity contribution in [1.82, 2.24) is 5.32 Å². The van der Waals surface area contributed by atoms with Gasteiger partial charge in [0.05, 0.1) is 10.5 Å². The summed E-state index contributed by atoms with van der Waals surface area (Å²) in [6.45, 7) is 8.22. The van der Waals surface area contributed by atoms with Crippen molar-refractivity contribution in [2.45, 2.75) is 38.4 Å². The molecule has 0 saturated carbocycles. The van der Waals surface area contributed by atoms with E-state index in [1.165, 1.54) is 0 Å². The Hall–Kier alpha value is -1.17. The van der Waals surface area contributed by atoms with E-state index in [0.717, 1.165) is 6.08 Å². The van der Waals surface area contributed by atoms with Crippen molar-refractivity contribution >= 4 is 21.5 Å². The molecule has 0 aromatic heterocycles. The van der Waals surface area contributed by atoms with E-state index < -0.39 is 14.6 Å². The molecule has 0 radical (unpaired) electrons. The monoisotopic (exact) mass is 275 g/mol. The van der Waals surface area contributed by atoms with Gasteiger partial charge in [-0.3, -0.25) is 9.59 Å². The molecule has 104 valence electrons. The van der Waals surface area contributed by atoms with Crippen LogP contribution in [-0.4, -0.2) is 37.2 Å². The molecule has 0 unspecified atom stereocenters. The predicted molar refractivity (Wildman–Crippen MR) is 71.0 cm³/mol. The minimum Gasteiger partial charge on any atom is -0.355 e. The van der Waals surface area contributed by atoms with Gasteiger partial charge < -0.3 is 5.32 Å². The molecule has 0 rings (SSSR count). The Morgan fingerprint density at radius 1 is 1.22 bits per heavy atom. The van der Waals surface area contributed by atoms with Crippen molar-refractivity contribution in [2.75, 3.05) is 12.3 Å². The quantitative estimate of drug-likeness (QED) is 0.699. The van der Waals surface area contributed by atoms with Crippen LogP contribution in [0.3, 0.4) is 0 Å². The molecular formula is C12H21NO4S. The van der Waals surface area contributed by atoms with E-state index in [2.05, 4.69) is 11.9 Å². The van der Waals surface area contributed by atoms with Crippen LogP contribution in [0.2, 0.25) is 0 Å². The van der Waals surface area contributed by atoms with Crippen molar-refractivity contribution in [2.24, 2.45) is 0 Å². The molecule has 0 aliphatic heterocycles. The number of hydrogen-bond donors (Lipinski definition) is 1. The second-order valence-electron chi connectivity index (χ2n) is 4.95. The van der Waals surface area contributed by atoms with Crippen molar-refractivity contribution in [3.63, 3.8) is 0 Å². The molecule has 0 aromatic carbocycles. The summed E-state index contributed by atoms with van der Waals surface area (Å²) in [6, 6.07) is 0. The molecule has 1 amide bonds. The number of carbonyl (C=O) groups excluding carboxylic acids is 2. The number of carbonyl (C=O) groups is 2. The van der Waals surface area contributed by atoms with Gasteiger partial charge in [0, 0.05) is 19.4 Å². The number of hydrogen-bond acceptors (Lipinski definition) is 4. The second-order valence-corrected chi connectivity index (χ2v) is 7.81. The van der Waals surface area contributed by atoms with Crippen LogP contribution in [0.4, 0.5) is 0 Å². The molecule has 0 heterocycles. The van der Waals surface area contributed by atoms with Gasteiger partial charge in [0.15, 0.2) is 15.6 Å². The van der Waals surface area contributed by atoms with Crippen LogP contribution < -0.4 is 5.32 Å². The highest BCUT2D eigenvalue weighted by Gasteiger charge is 2.28. The standard InChI is InChI=1S/C12H21NO4S/c1-5-10(14)6-7-11(15)13-8-9-18(16,17)12(2,3)4/h5H,1,6-9H2,2-4H3,(H,13,15). The van der Waals surface area contributed by atoms with E-state index >= 15 is 0 Å². The zero-order valence-corrected chi connectivity index (χ0v) is 12.0. The maximum Gasteiger partial charge on any atom is 0.220 e. The van der Waals surface area contributed by atoms with Gasteiger partial charge in [-0.1, -0.05) is 6.58 Å². The summed E-state index contributed by atoms with van der Waals surface area (Å²) in [4.78, 5) is 22.2. The first-order valence-electron chi connectivity index (χ1n) is 5.74. The molecule has 0 spiro atoms. The lowest BCUT2D eigenvalue weighted by atomic mass is 10.2. The van der Waals surface area contributed by atoms with Crippen LogP contribution in [0.5, 0.6) is 0 Å². The summed E-state index contributed by atoms with van der Waals surface area (Å²) in [6.07, 6.45) is 1.32. The average Bonchev–Trinajstić information content (AvgIpc) is 2.24. The highest BCUT2D eigenvalue weighted by molar-refractivity contribution is 7.92. The number of allylic oxidation sites excluding steroid dienone is 1. The zero-order chi connectivity index (χ0) is 14.4. The lowest BCUT2D eigenvalue weighted by Crippen LogP contribution is -2.36. The van der Waals surface area contributed by atoms with E-state index in [-0.39, 0.29) is 36.8 Å². The fourth-order valence-corrected chi connectivity index (χ4v) is 2.04. The van der Waals surface area contributed by atoms with Crippen molar-refractivity contribution in [1.29, 1.82) is 0 Å². The van der Waals surface area contributed by atoms with Crippen LogP contribution in [0.25, 0.3) is 0 Å². The first-order valence-corrected chi connectivity index (χ1v) is 7.39. The molecule has 18 heavy (non-hydrogen) atoms. The molecule has 0 aliphatic rings. The normalized spacial score (nSPS) is 11.9. The number of rotatable bonds is 7. The summed E-state index contributed by atoms with van der Waals surface area (Å²) in [5, 5.41) is 2.49. The molecule has 0 bridgehead atoms. The van der Waals surface area contributed by atoms with Crippen LogP contribution >= 0.6 is 0 Å². The summed E-state index contributed by atoms with van der Waals surface area (Å²) < 4.78 is 22.6. The van der Waals surface area contributed by atoms with E-state index in [9.17, 15) is 18.0 Å². The summed E-state index contributed by atoms with van der Waals surface area (Å²) in [5.74, 6) is -0.626. The van der Waals surface area contributed by atoms with Crippen LogP contribution in [0.1, 0.15) is 33.6 Å². The highest BCUT2D eigenvalue weighted by Crippen LogP contribution is 2.15. The molecule has 5 nitrogen and oxygen atoms in total. The van der Waals surface area contributed by atoms with Crippen molar-refractivity contribution in [3.05, 3.63) is 12.7 Å².